The second-order valence-corrected chi connectivity index (χ2v) is 8.16. The van der Waals surface area contributed by atoms with Gasteiger partial charge in [0.2, 0.25) is 5.91 Å². The maximum atomic E-state index is 12.7. The quantitative estimate of drug-likeness (QED) is 0.322. The van der Waals surface area contributed by atoms with Crippen molar-refractivity contribution in [1.29, 1.82) is 0 Å². The summed E-state index contributed by atoms with van der Waals surface area (Å²) in [6.07, 6.45) is 2.04. The number of carbonyl (C=O) groups is 1. The largest absolute Gasteiger partial charge is 0.379 e. The van der Waals surface area contributed by atoms with Crippen molar-refractivity contribution in [2.45, 2.75) is 32.7 Å². The third-order valence-electron chi connectivity index (χ3n) is 5.63. The van der Waals surface area contributed by atoms with E-state index in [1.54, 1.807) is 7.05 Å². The summed E-state index contributed by atoms with van der Waals surface area (Å²) >= 11 is 0. The molecule has 1 aromatic carbocycles. The minimum atomic E-state index is 0. The zero-order chi connectivity index (χ0) is 20.6. The summed E-state index contributed by atoms with van der Waals surface area (Å²) in [4.78, 5) is 21.4. The number of nitrogens with one attached hydrogen (secondary N) is 2. The summed E-state index contributed by atoms with van der Waals surface area (Å²) in [5.74, 6) is 1.37. The molecule has 3 rings (SSSR count). The van der Waals surface area contributed by atoms with E-state index in [9.17, 15) is 4.79 Å². The van der Waals surface area contributed by atoms with Gasteiger partial charge in [0.15, 0.2) is 5.96 Å². The van der Waals surface area contributed by atoms with Gasteiger partial charge in [-0.25, -0.2) is 0 Å². The van der Waals surface area contributed by atoms with Crippen molar-refractivity contribution in [3.05, 3.63) is 29.8 Å². The second kappa shape index (κ2) is 12.5. The fourth-order valence-electron chi connectivity index (χ4n) is 4.14. The number of aliphatic imine (C=N–C) groups is 1. The van der Waals surface area contributed by atoms with Gasteiger partial charge >= 0.3 is 0 Å². The number of anilines is 1. The maximum Gasteiger partial charge on any atom is 0.246 e. The normalized spacial score (nSPS) is 18.0. The van der Waals surface area contributed by atoms with Crippen molar-refractivity contribution >= 4 is 41.5 Å². The molecule has 7 nitrogen and oxygen atoms in total. The lowest BCUT2D eigenvalue weighted by Gasteiger charge is -2.35. The molecule has 2 N–H and O–H groups in total. The molecule has 1 unspecified atom stereocenters. The number of para-hydroxylation sites is 1. The molecule has 0 aromatic heterocycles. The zero-order valence-corrected chi connectivity index (χ0v) is 20.7. The van der Waals surface area contributed by atoms with Crippen LogP contribution in [0.15, 0.2) is 29.3 Å². The summed E-state index contributed by atoms with van der Waals surface area (Å²) in [7, 11) is 1.75. The summed E-state index contributed by atoms with van der Waals surface area (Å²) < 4.78 is 5.50. The fraction of sp³-hybridized carbons (Fsp3) is 0.636. The number of fused-ring (bicyclic) bond motifs is 1. The minimum Gasteiger partial charge on any atom is -0.379 e. The van der Waals surface area contributed by atoms with Crippen molar-refractivity contribution in [3.63, 3.8) is 0 Å². The number of carbonyl (C=O) groups excluding carboxylic acids is 1. The first-order valence-electron chi connectivity index (χ1n) is 10.7. The van der Waals surface area contributed by atoms with Gasteiger partial charge in [-0.15, -0.1) is 24.0 Å². The van der Waals surface area contributed by atoms with Crippen molar-refractivity contribution < 1.29 is 9.53 Å². The molecule has 2 heterocycles. The van der Waals surface area contributed by atoms with Gasteiger partial charge in [-0.1, -0.05) is 32.0 Å². The molecule has 1 fully saturated rings. The van der Waals surface area contributed by atoms with Crippen molar-refractivity contribution in [3.8, 4) is 0 Å². The fourth-order valence-corrected chi connectivity index (χ4v) is 4.14. The molecule has 168 valence electrons. The molecular weight excluding hydrogens is 493 g/mol. The number of hydrogen-bond acceptors (Lipinski definition) is 4. The number of amides is 1. The molecule has 2 aliphatic heterocycles. The van der Waals surface area contributed by atoms with E-state index in [1.165, 1.54) is 5.56 Å². The topological polar surface area (TPSA) is 69.2 Å². The highest BCUT2D eigenvalue weighted by molar-refractivity contribution is 14.0. The average molecular weight is 529 g/mol. The molecule has 1 amide bonds. The number of nitrogens with zero attached hydrogens (tertiary/aromatic N) is 3. The van der Waals surface area contributed by atoms with Gasteiger partial charge in [0.25, 0.3) is 0 Å². The lowest BCUT2D eigenvalue weighted by Crippen LogP contribution is -2.52. The van der Waals surface area contributed by atoms with Crippen molar-refractivity contribution in [2.24, 2.45) is 10.9 Å². The predicted molar refractivity (Wildman–Crippen MR) is 133 cm³/mol. The Bertz CT molecular complexity index is 707. The van der Waals surface area contributed by atoms with Crippen LogP contribution in [-0.2, 0) is 16.0 Å². The van der Waals surface area contributed by atoms with Gasteiger partial charge in [0, 0.05) is 45.0 Å². The molecule has 30 heavy (non-hydrogen) atoms. The van der Waals surface area contributed by atoms with Crippen LogP contribution in [0.4, 0.5) is 5.69 Å². The highest BCUT2D eigenvalue weighted by Gasteiger charge is 2.25. The molecule has 0 spiro atoms. The Morgan fingerprint density at radius 3 is 2.60 bits per heavy atom. The lowest BCUT2D eigenvalue weighted by atomic mass is 10.0. The van der Waals surface area contributed by atoms with Crippen LogP contribution in [0.2, 0.25) is 0 Å². The molecule has 0 radical (unpaired) electrons. The summed E-state index contributed by atoms with van der Waals surface area (Å²) in [5.41, 5.74) is 2.27. The SMILES string of the molecule is CN=C(NCC(=O)N1CCc2ccccc21)NCC(CC(C)C)N1CCOCC1.I. The van der Waals surface area contributed by atoms with E-state index < -0.39 is 0 Å². The Balaban J connectivity index is 0.00000320. The summed E-state index contributed by atoms with van der Waals surface area (Å²) in [5, 5.41) is 6.62. The van der Waals surface area contributed by atoms with Crippen molar-refractivity contribution in [2.75, 3.05) is 57.9 Å². The predicted octanol–water partition coefficient (Wildman–Crippen LogP) is 2.11. The first-order valence-corrected chi connectivity index (χ1v) is 10.7. The number of morpholine rings is 1. The van der Waals surface area contributed by atoms with Gasteiger partial charge in [0.05, 0.1) is 19.8 Å². The standard InChI is InChI=1S/C22H35N5O2.HI/c1-17(2)14-19(26-10-12-29-13-11-26)15-24-22(23-3)25-16-21(28)27-9-8-18-6-4-5-7-20(18)27;/h4-7,17,19H,8-16H2,1-3H3,(H2,23,24,25);1H. The van der Waals surface area contributed by atoms with E-state index in [1.807, 2.05) is 23.1 Å². The van der Waals surface area contributed by atoms with E-state index in [2.05, 4.69) is 40.4 Å². The molecule has 1 saturated heterocycles. The van der Waals surface area contributed by atoms with Crippen LogP contribution in [0, 0.1) is 5.92 Å². The van der Waals surface area contributed by atoms with Crippen LogP contribution in [0.3, 0.4) is 0 Å². The average Bonchev–Trinajstić information content (AvgIpc) is 3.17. The maximum absolute atomic E-state index is 12.7. The molecule has 0 bridgehead atoms. The van der Waals surface area contributed by atoms with E-state index in [-0.39, 0.29) is 36.4 Å². The first-order chi connectivity index (χ1) is 14.1. The number of ether oxygens (including phenoxy) is 1. The number of hydrogen-bond donors (Lipinski definition) is 2. The first kappa shape index (κ1) is 24.9. The van der Waals surface area contributed by atoms with E-state index in [0.29, 0.717) is 17.9 Å². The van der Waals surface area contributed by atoms with Gasteiger partial charge in [-0.2, -0.15) is 0 Å². The lowest BCUT2D eigenvalue weighted by molar-refractivity contribution is -0.117. The molecule has 8 heteroatoms. The molecule has 0 saturated carbocycles. The van der Waals surface area contributed by atoms with Crippen LogP contribution in [0.1, 0.15) is 25.8 Å². The van der Waals surface area contributed by atoms with Crippen molar-refractivity contribution in [1.82, 2.24) is 15.5 Å². The minimum absolute atomic E-state index is 0. The Hall–Kier alpha value is -1.39. The molecule has 1 atom stereocenters. The van der Waals surface area contributed by atoms with Crippen LogP contribution in [-0.4, -0.2) is 75.8 Å². The Labute approximate surface area is 197 Å². The molecular formula is C22H36IN5O2. The third kappa shape index (κ3) is 6.81. The van der Waals surface area contributed by atoms with Crippen LogP contribution >= 0.6 is 24.0 Å². The zero-order valence-electron chi connectivity index (χ0n) is 18.4. The Morgan fingerprint density at radius 1 is 1.17 bits per heavy atom. The van der Waals surface area contributed by atoms with Gasteiger partial charge < -0.3 is 20.3 Å². The van der Waals surface area contributed by atoms with Crippen LogP contribution in [0.25, 0.3) is 0 Å². The summed E-state index contributed by atoms with van der Waals surface area (Å²) in [6, 6.07) is 8.56. The monoisotopic (exact) mass is 529 g/mol. The third-order valence-corrected chi connectivity index (χ3v) is 5.63. The number of benzene rings is 1. The highest BCUT2D eigenvalue weighted by Crippen LogP contribution is 2.27. The Kier molecular flexibility index (Phi) is 10.3. The highest BCUT2D eigenvalue weighted by atomic mass is 127. The van der Waals surface area contributed by atoms with Crippen LogP contribution < -0.4 is 15.5 Å². The smallest absolute Gasteiger partial charge is 0.246 e. The number of guanidine groups is 1. The molecule has 2 aliphatic rings. The number of halogens is 1. The number of rotatable bonds is 7. The van der Waals surface area contributed by atoms with E-state index in [0.717, 1.165) is 57.9 Å². The summed E-state index contributed by atoms with van der Waals surface area (Å²) in [6.45, 7) is 9.84. The molecule has 0 aliphatic carbocycles. The van der Waals surface area contributed by atoms with E-state index >= 15 is 0 Å². The van der Waals surface area contributed by atoms with Crippen LogP contribution in [0.5, 0.6) is 0 Å². The van der Waals surface area contributed by atoms with Gasteiger partial charge in [-0.05, 0) is 30.4 Å². The Morgan fingerprint density at radius 2 is 1.90 bits per heavy atom. The van der Waals surface area contributed by atoms with Gasteiger partial charge in [-0.3, -0.25) is 14.7 Å². The van der Waals surface area contributed by atoms with Gasteiger partial charge in [0.1, 0.15) is 0 Å². The van der Waals surface area contributed by atoms with E-state index in [4.69, 9.17) is 4.74 Å². The second-order valence-electron chi connectivity index (χ2n) is 8.16. The molecule has 1 aromatic rings.